The van der Waals surface area contributed by atoms with E-state index in [0.717, 1.165) is 24.1 Å². The van der Waals surface area contributed by atoms with Crippen LogP contribution in [0.25, 0.3) is 23.0 Å². The molecule has 4 aromatic rings. The molecule has 3 heterocycles. The van der Waals surface area contributed by atoms with Crippen LogP contribution in [-0.2, 0) is 17.8 Å². The average molecular weight is 468 g/mol. The zero-order chi connectivity index (χ0) is 23.7. The van der Waals surface area contributed by atoms with E-state index in [1.54, 1.807) is 27.8 Å². The molecule has 0 saturated carbocycles. The number of anilines is 1. The van der Waals surface area contributed by atoms with Crippen LogP contribution in [0.15, 0.2) is 71.4 Å². The van der Waals surface area contributed by atoms with E-state index in [0.29, 0.717) is 17.8 Å². The van der Waals surface area contributed by atoms with Crippen molar-refractivity contribution in [3.63, 3.8) is 0 Å². The molecule has 174 valence electrons. The Balaban J connectivity index is 1.33. The van der Waals surface area contributed by atoms with E-state index in [2.05, 4.69) is 14.9 Å². The number of alkyl halides is 3. The molecule has 10 heteroatoms. The maximum atomic E-state index is 13.1. The van der Waals surface area contributed by atoms with Gasteiger partial charge >= 0.3 is 6.36 Å². The first-order valence-electron chi connectivity index (χ1n) is 10.6. The largest absolute Gasteiger partial charge is 0.573 e. The molecule has 0 unspecified atom stereocenters. The molecule has 2 aromatic heterocycles. The molecule has 7 nitrogen and oxygen atoms in total. The maximum absolute atomic E-state index is 13.1. The minimum absolute atomic E-state index is 0.0513. The first kappa shape index (κ1) is 21.7. The molecule has 1 aliphatic rings. The van der Waals surface area contributed by atoms with Crippen LogP contribution in [0, 0.1) is 0 Å². The minimum Gasteiger partial charge on any atom is -0.406 e. The van der Waals surface area contributed by atoms with E-state index in [1.807, 2.05) is 24.3 Å². The number of ether oxygens (including phenoxy) is 1. The zero-order valence-corrected chi connectivity index (χ0v) is 17.8. The smallest absolute Gasteiger partial charge is 0.406 e. The van der Waals surface area contributed by atoms with E-state index in [4.69, 9.17) is 4.52 Å². The lowest BCUT2D eigenvalue weighted by atomic mass is 10.0. The van der Waals surface area contributed by atoms with Crippen molar-refractivity contribution >= 4 is 11.6 Å². The summed E-state index contributed by atoms with van der Waals surface area (Å²) in [5.74, 6) is 0.0105. The van der Waals surface area contributed by atoms with Gasteiger partial charge in [0, 0.05) is 24.0 Å². The van der Waals surface area contributed by atoms with Crippen LogP contribution in [-0.4, -0.2) is 33.5 Å². The second-order valence-corrected chi connectivity index (χ2v) is 7.79. The fourth-order valence-corrected chi connectivity index (χ4v) is 4.02. The van der Waals surface area contributed by atoms with E-state index in [9.17, 15) is 18.0 Å². The van der Waals surface area contributed by atoms with Gasteiger partial charge in [0.1, 0.15) is 18.0 Å². The summed E-state index contributed by atoms with van der Waals surface area (Å²) in [6, 6.07) is 16.6. The Morgan fingerprint density at radius 3 is 2.65 bits per heavy atom. The number of rotatable bonds is 5. The van der Waals surface area contributed by atoms with Gasteiger partial charge in [0.25, 0.3) is 5.89 Å². The summed E-state index contributed by atoms with van der Waals surface area (Å²) >= 11 is 0. The highest BCUT2D eigenvalue weighted by atomic mass is 19.4. The van der Waals surface area contributed by atoms with Crippen LogP contribution in [0.1, 0.15) is 12.0 Å². The number of nitrogens with zero attached hydrogens (tertiary/aromatic N) is 4. The summed E-state index contributed by atoms with van der Waals surface area (Å²) in [5, 5.41) is 3.93. The standard InChI is InChI=1S/C24H19F3N4O3/c25-24(26,27)33-18-11-9-17(10-12-18)22-28-23(34-29-22)20-8-4-13-30(20)15-21(32)31-14-3-6-16-5-1-2-7-19(16)31/h1-2,4-5,7-13H,3,6,14-15H2. The molecular formula is C24H19F3N4O3. The van der Waals surface area contributed by atoms with E-state index >= 15 is 0 Å². The quantitative estimate of drug-likeness (QED) is 0.408. The molecule has 0 radical (unpaired) electrons. The number of carbonyl (C=O) groups excluding carboxylic acids is 1. The zero-order valence-electron chi connectivity index (χ0n) is 17.8. The first-order chi connectivity index (χ1) is 16.4. The summed E-state index contributed by atoms with van der Waals surface area (Å²) in [6.45, 7) is 0.753. The Bertz CT molecular complexity index is 1310. The second-order valence-electron chi connectivity index (χ2n) is 7.79. The third-order valence-electron chi connectivity index (χ3n) is 5.54. The van der Waals surface area contributed by atoms with Gasteiger partial charge in [-0.2, -0.15) is 4.98 Å². The van der Waals surface area contributed by atoms with Gasteiger partial charge in [-0.05, 0) is 60.9 Å². The normalized spacial score (nSPS) is 13.6. The Kier molecular flexibility index (Phi) is 5.56. The van der Waals surface area contributed by atoms with Gasteiger partial charge in [-0.25, -0.2) is 0 Å². The van der Waals surface area contributed by atoms with Gasteiger partial charge in [0.05, 0.1) is 0 Å². The van der Waals surface area contributed by atoms with Crippen LogP contribution in [0.3, 0.4) is 0 Å². The van der Waals surface area contributed by atoms with Crippen molar-refractivity contribution in [3.05, 3.63) is 72.4 Å². The van der Waals surface area contributed by atoms with Gasteiger partial charge in [-0.15, -0.1) is 13.2 Å². The van der Waals surface area contributed by atoms with Crippen molar-refractivity contribution in [1.82, 2.24) is 14.7 Å². The lowest BCUT2D eigenvalue weighted by molar-refractivity contribution is -0.274. The highest BCUT2D eigenvalue weighted by molar-refractivity contribution is 5.94. The van der Waals surface area contributed by atoms with E-state index < -0.39 is 6.36 Å². The molecule has 1 amide bonds. The number of hydrogen-bond acceptors (Lipinski definition) is 5. The third-order valence-corrected chi connectivity index (χ3v) is 5.54. The molecule has 0 saturated heterocycles. The lowest BCUT2D eigenvalue weighted by Crippen LogP contribution is -2.37. The van der Waals surface area contributed by atoms with E-state index in [1.165, 1.54) is 24.3 Å². The Hall–Kier alpha value is -4.08. The number of para-hydroxylation sites is 1. The van der Waals surface area contributed by atoms with Crippen LogP contribution < -0.4 is 9.64 Å². The number of halogens is 3. The van der Waals surface area contributed by atoms with E-state index in [-0.39, 0.29) is 29.9 Å². The molecule has 0 bridgehead atoms. The lowest BCUT2D eigenvalue weighted by Gasteiger charge is -2.29. The molecule has 34 heavy (non-hydrogen) atoms. The van der Waals surface area contributed by atoms with Crippen molar-refractivity contribution < 1.29 is 27.2 Å². The molecule has 0 fully saturated rings. The van der Waals surface area contributed by atoms with Crippen molar-refractivity contribution in [2.24, 2.45) is 0 Å². The topological polar surface area (TPSA) is 73.4 Å². The van der Waals surface area contributed by atoms with Gasteiger partial charge in [0.2, 0.25) is 11.7 Å². The second kappa shape index (κ2) is 8.69. The molecule has 2 aromatic carbocycles. The number of benzene rings is 2. The van der Waals surface area contributed by atoms with Gasteiger partial charge in [-0.1, -0.05) is 23.4 Å². The molecule has 5 rings (SSSR count). The maximum Gasteiger partial charge on any atom is 0.573 e. The molecular weight excluding hydrogens is 449 g/mol. The summed E-state index contributed by atoms with van der Waals surface area (Å²) in [6.07, 6.45) is -1.15. The molecule has 1 aliphatic heterocycles. The van der Waals surface area contributed by atoms with Crippen molar-refractivity contribution in [2.75, 3.05) is 11.4 Å². The van der Waals surface area contributed by atoms with Crippen molar-refractivity contribution in [1.29, 1.82) is 0 Å². The Morgan fingerprint density at radius 1 is 1.06 bits per heavy atom. The fraction of sp³-hybridized carbons (Fsp3) is 0.208. The van der Waals surface area contributed by atoms with Crippen LogP contribution in [0.4, 0.5) is 18.9 Å². The number of fused-ring (bicyclic) bond motifs is 1. The number of aryl methyl sites for hydroxylation is 1. The number of aromatic nitrogens is 3. The highest BCUT2D eigenvalue weighted by Gasteiger charge is 2.31. The van der Waals surface area contributed by atoms with Gasteiger partial charge in [0.15, 0.2) is 0 Å². The number of amides is 1. The Morgan fingerprint density at radius 2 is 1.85 bits per heavy atom. The van der Waals surface area contributed by atoms with Gasteiger partial charge in [-0.3, -0.25) is 4.79 Å². The molecule has 0 atom stereocenters. The summed E-state index contributed by atoms with van der Waals surface area (Å²) < 4.78 is 48.1. The summed E-state index contributed by atoms with van der Waals surface area (Å²) in [4.78, 5) is 19.3. The monoisotopic (exact) mass is 468 g/mol. The van der Waals surface area contributed by atoms with Crippen LogP contribution in [0.5, 0.6) is 5.75 Å². The fourth-order valence-electron chi connectivity index (χ4n) is 4.02. The van der Waals surface area contributed by atoms with Crippen molar-refractivity contribution in [2.45, 2.75) is 25.7 Å². The first-order valence-corrected chi connectivity index (χ1v) is 10.6. The molecule has 0 spiro atoms. The minimum atomic E-state index is -4.76. The predicted octanol–water partition coefficient (Wildman–Crippen LogP) is 5.08. The molecule has 0 N–H and O–H groups in total. The Labute approximate surface area is 192 Å². The van der Waals surface area contributed by atoms with Gasteiger partial charge < -0.3 is 18.7 Å². The average Bonchev–Trinajstić information content (AvgIpc) is 3.48. The molecule has 0 aliphatic carbocycles. The summed E-state index contributed by atoms with van der Waals surface area (Å²) in [5.41, 5.74) is 3.12. The number of hydrogen-bond donors (Lipinski definition) is 0. The predicted molar refractivity (Wildman–Crippen MR) is 117 cm³/mol. The number of carbonyl (C=O) groups is 1. The van der Waals surface area contributed by atoms with Crippen LogP contribution >= 0.6 is 0 Å². The SMILES string of the molecule is O=C(Cn1cccc1-c1nc(-c2ccc(OC(F)(F)F)cc2)no1)N1CCCc2ccccc21. The highest BCUT2D eigenvalue weighted by Crippen LogP contribution is 2.29. The summed E-state index contributed by atoms with van der Waals surface area (Å²) in [7, 11) is 0. The van der Waals surface area contributed by atoms with Crippen molar-refractivity contribution in [3.8, 4) is 28.7 Å². The third kappa shape index (κ3) is 4.52. The van der Waals surface area contributed by atoms with Crippen LogP contribution in [0.2, 0.25) is 0 Å².